The summed E-state index contributed by atoms with van der Waals surface area (Å²) in [6, 6.07) is 9.02. The van der Waals surface area contributed by atoms with Crippen molar-refractivity contribution in [1.82, 2.24) is 36.4 Å². The zero-order chi connectivity index (χ0) is 28.5. The first-order chi connectivity index (χ1) is 19.7. The fourth-order valence-electron chi connectivity index (χ4n) is 5.08. The van der Waals surface area contributed by atoms with E-state index in [1.165, 1.54) is 17.5 Å². The first-order valence-electron chi connectivity index (χ1n) is 16.0. The lowest BCUT2D eigenvalue weighted by Gasteiger charge is -2.27. The van der Waals surface area contributed by atoms with Crippen molar-refractivity contribution in [2.45, 2.75) is 64.5 Å². The smallest absolute Gasteiger partial charge is 0.219 e. The van der Waals surface area contributed by atoms with Gasteiger partial charge in [-0.3, -0.25) is 9.69 Å². The number of carbonyl (C=O) groups is 1. The first-order valence-corrected chi connectivity index (χ1v) is 16.0. The molecule has 1 aromatic carbocycles. The third-order valence-corrected chi connectivity index (χ3v) is 7.50. The Morgan fingerprint density at radius 1 is 0.800 bits per heavy atom. The molecule has 1 aliphatic heterocycles. The van der Waals surface area contributed by atoms with Crippen molar-refractivity contribution in [3.05, 3.63) is 35.4 Å². The molecule has 1 aromatic rings. The highest BCUT2D eigenvalue weighted by molar-refractivity contribution is 5.75. The zero-order valence-corrected chi connectivity index (χ0v) is 25.5. The third kappa shape index (κ3) is 18.0. The lowest BCUT2D eigenvalue weighted by Crippen LogP contribution is -2.38. The van der Waals surface area contributed by atoms with Gasteiger partial charge in [0.1, 0.15) is 0 Å². The van der Waals surface area contributed by atoms with Gasteiger partial charge >= 0.3 is 0 Å². The number of hydrogen-bond donors (Lipinski definition) is 6. The number of benzene rings is 1. The van der Waals surface area contributed by atoms with Crippen LogP contribution in [-0.4, -0.2) is 108 Å². The lowest BCUT2D eigenvalue weighted by molar-refractivity contribution is -0.121. The Labute approximate surface area is 244 Å². The largest absolute Gasteiger partial charge is 0.356 e. The van der Waals surface area contributed by atoms with Crippen molar-refractivity contribution in [2.75, 3.05) is 92.1 Å². The maximum atomic E-state index is 12.2. The molecular weight excluding hydrogens is 500 g/mol. The van der Waals surface area contributed by atoms with Gasteiger partial charge in [-0.2, -0.15) is 0 Å². The summed E-state index contributed by atoms with van der Waals surface area (Å²) < 4.78 is 0. The fourth-order valence-corrected chi connectivity index (χ4v) is 5.08. The molecule has 0 saturated carbocycles. The first kappa shape index (κ1) is 34.6. The summed E-state index contributed by atoms with van der Waals surface area (Å²) in [4.78, 5) is 17.4. The number of nitrogens with zero attached hydrogens (tertiary/aromatic N) is 2. The topological polar surface area (TPSA) is 110 Å². The Morgan fingerprint density at radius 2 is 1.50 bits per heavy atom. The summed E-state index contributed by atoms with van der Waals surface area (Å²) in [6.07, 6.45) is 8.41. The molecule has 7 N–H and O–H groups in total. The van der Waals surface area contributed by atoms with Crippen LogP contribution in [-0.2, 0) is 17.9 Å². The van der Waals surface area contributed by atoms with Crippen LogP contribution in [0.1, 0.15) is 62.5 Å². The molecule has 1 heterocycles. The van der Waals surface area contributed by atoms with Gasteiger partial charge in [0.05, 0.1) is 0 Å². The molecule has 1 saturated heterocycles. The molecule has 9 heteroatoms. The molecule has 40 heavy (non-hydrogen) atoms. The number of rotatable bonds is 17. The predicted molar refractivity (Wildman–Crippen MR) is 169 cm³/mol. The predicted octanol–water partition coefficient (Wildman–Crippen LogP) is 1.49. The minimum atomic E-state index is 0.209. The van der Waals surface area contributed by atoms with Gasteiger partial charge in [0.2, 0.25) is 5.91 Å². The Kier molecular flexibility index (Phi) is 20.8. The number of nitrogens with one attached hydrogen (secondary N) is 5. The molecule has 230 valence electrons. The molecule has 0 unspecified atom stereocenters. The van der Waals surface area contributed by atoms with Crippen LogP contribution in [0.25, 0.3) is 0 Å². The van der Waals surface area contributed by atoms with Crippen molar-refractivity contribution in [3.63, 3.8) is 0 Å². The molecule has 0 aliphatic carbocycles. The van der Waals surface area contributed by atoms with Gasteiger partial charge in [-0.15, -0.1) is 0 Å². The van der Waals surface area contributed by atoms with E-state index in [4.69, 9.17) is 5.73 Å². The number of carbonyl (C=O) groups excluding carboxylic acids is 1. The van der Waals surface area contributed by atoms with Crippen molar-refractivity contribution in [1.29, 1.82) is 0 Å². The maximum Gasteiger partial charge on any atom is 0.219 e. The summed E-state index contributed by atoms with van der Waals surface area (Å²) in [5, 5.41) is 16.9. The average molecular weight is 561 g/mol. The van der Waals surface area contributed by atoms with Crippen LogP contribution < -0.4 is 32.3 Å². The Balaban J connectivity index is 1.73. The second-order valence-corrected chi connectivity index (χ2v) is 11.1. The summed E-state index contributed by atoms with van der Waals surface area (Å²) >= 11 is 0. The summed E-state index contributed by atoms with van der Waals surface area (Å²) in [5.41, 5.74) is 8.27. The van der Waals surface area contributed by atoms with E-state index < -0.39 is 0 Å². The van der Waals surface area contributed by atoms with Crippen LogP contribution in [0.3, 0.4) is 0 Å². The monoisotopic (exact) mass is 560 g/mol. The van der Waals surface area contributed by atoms with Gasteiger partial charge < -0.3 is 37.2 Å². The van der Waals surface area contributed by atoms with E-state index in [1.54, 1.807) is 0 Å². The molecule has 1 amide bonds. The number of amides is 1. The Morgan fingerprint density at radius 3 is 2.25 bits per heavy atom. The number of hydrogen-bond acceptors (Lipinski definition) is 8. The molecular formula is C31H60N8O. The zero-order valence-electron chi connectivity index (χ0n) is 25.5. The van der Waals surface area contributed by atoms with E-state index in [9.17, 15) is 4.79 Å². The van der Waals surface area contributed by atoms with Crippen LogP contribution in [0, 0.1) is 0 Å². The van der Waals surface area contributed by atoms with Crippen molar-refractivity contribution in [2.24, 2.45) is 5.73 Å². The molecule has 1 fully saturated rings. The van der Waals surface area contributed by atoms with Crippen LogP contribution in [0.15, 0.2) is 24.3 Å². The molecule has 0 bridgehead atoms. The molecule has 2 rings (SSSR count). The number of nitrogens with two attached hydrogens (primary N) is 1. The van der Waals surface area contributed by atoms with Gasteiger partial charge in [-0.25, -0.2) is 0 Å². The third-order valence-electron chi connectivity index (χ3n) is 7.50. The summed E-state index contributed by atoms with van der Waals surface area (Å²) in [7, 11) is 1.98. The molecule has 0 aromatic heterocycles. The van der Waals surface area contributed by atoms with Crippen LogP contribution >= 0.6 is 0 Å². The van der Waals surface area contributed by atoms with Crippen molar-refractivity contribution >= 4 is 5.91 Å². The Hall–Kier alpha value is -1.59. The minimum absolute atomic E-state index is 0.209. The van der Waals surface area contributed by atoms with Gasteiger partial charge in [0.15, 0.2) is 0 Å². The van der Waals surface area contributed by atoms with Gasteiger partial charge in [-0.1, -0.05) is 30.7 Å². The Bertz CT molecular complexity index is 733. The molecule has 0 spiro atoms. The van der Waals surface area contributed by atoms with Gasteiger partial charge in [-0.05, 0) is 96.0 Å². The molecule has 9 nitrogen and oxygen atoms in total. The minimum Gasteiger partial charge on any atom is -0.356 e. The van der Waals surface area contributed by atoms with Crippen LogP contribution in [0.4, 0.5) is 0 Å². The second-order valence-electron chi connectivity index (χ2n) is 11.1. The van der Waals surface area contributed by atoms with Crippen LogP contribution in [0.2, 0.25) is 0 Å². The maximum absolute atomic E-state index is 12.2. The normalized spacial score (nSPS) is 16.9. The van der Waals surface area contributed by atoms with E-state index in [1.807, 2.05) is 7.05 Å². The van der Waals surface area contributed by atoms with Crippen LogP contribution in [0.5, 0.6) is 0 Å². The van der Waals surface area contributed by atoms with E-state index >= 15 is 0 Å². The van der Waals surface area contributed by atoms with Crippen molar-refractivity contribution < 1.29 is 4.79 Å². The average Bonchev–Trinajstić information content (AvgIpc) is 2.96. The standard InChI is InChI=1S/C31H60N8O/c1-33-15-4-2-5-18-37-31(40)9-3-6-22-38-23-8-24-39(26-21-35-17-7-16-34-20-25-38)28-30-12-10-29(11-13-30)27-36-19-14-32/h10-13,33-36H,2-9,14-28,32H2,1H3,(H,37,40). The van der Waals surface area contributed by atoms with Gasteiger partial charge in [0, 0.05) is 65.3 Å². The highest BCUT2D eigenvalue weighted by Crippen LogP contribution is 2.09. The summed E-state index contributed by atoms with van der Waals surface area (Å²) in [5.74, 6) is 0.209. The highest BCUT2D eigenvalue weighted by atomic mass is 16.1. The second kappa shape index (κ2) is 24.1. The highest BCUT2D eigenvalue weighted by Gasteiger charge is 2.11. The van der Waals surface area contributed by atoms with E-state index in [2.05, 4.69) is 60.6 Å². The van der Waals surface area contributed by atoms with E-state index in [-0.39, 0.29) is 5.91 Å². The molecule has 0 atom stereocenters. The summed E-state index contributed by atoms with van der Waals surface area (Å²) in [6.45, 7) is 14.9. The SMILES string of the molecule is CNCCCCCNC(=O)CCCCN1CCCN(Cc2ccc(CNCCN)cc2)CCNCCCNCC1. The molecule has 0 radical (unpaired) electrons. The molecule has 1 aliphatic rings. The van der Waals surface area contributed by atoms with E-state index in [0.29, 0.717) is 13.0 Å². The fraction of sp³-hybridized carbons (Fsp3) is 0.774. The quantitative estimate of drug-likeness (QED) is 0.159. The van der Waals surface area contributed by atoms with Gasteiger partial charge in [0.25, 0.3) is 0 Å². The van der Waals surface area contributed by atoms with Crippen molar-refractivity contribution in [3.8, 4) is 0 Å². The van der Waals surface area contributed by atoms with E-state index in [0.717, 1.165) is 130 Å². The number of unbranched alkanes of at least 4 members (excludes halogenated alkanes) is 3. The lowest BCUT2D eigenvalue weighted by atomic mass is 10.1.